The summed E-state index contributed by atoms with van der Waals surface area (Å²) >= 11 is 5.55. The molecule has 6 heteroatoms. The predicted molar refractivity (Wildman–Crippen MR) is 116 cm³/mol. The molecule has 0 N–H and O–H groups in total. The van der Waals surface area contributed by atoms with Gasteiger partial charge in [-0.1, -0.05) is 42.5 Å². The van der Waals surface area contributed by atoms with Crippen LogP contribution in [-0.2, 0) is 9.59 Å². The number of thiocarbonyl (C=S) groups is 1. The Kier molecular flexibility index (Phi) is 5.18. The number of benzene rings is 2. The molecule has 1 saturated heterocycles. The van der Waals surface area contributed by atoms with Crippen molar-refractivity contribution in [2.75, 3.05) is 9.80 Å². The molecule has 1 fully saturated rings. The number of anilines is 2. The molecular formula is C23H16N2O3S. The van der Waals surface area contributed by atoms with Gasteiger partial charge in [-0.05, 0) is 60.8 Å². The van der Waals surface area contributed by atoms with E-state index in [0.29, 0.717) is 17.1 Å². The van der Waals surface area contributed by atoms with E-state index in [4.69, 9.17) is 16.6 Å². The number of carbonyl (C=O) groups is 2. The lowest BCUT2D eigenvalue weighted by Gasteiger charge is -2.36. The third-order valence-corrected chi connectivity index (χ3v) is 4.71. The minimum absolute atomic E-state index is 0.00844. The van der Waals surface area contributed by atoms with Crippen molar-refractivity contribution >= 4 is 46.6 Å². The van der Waals surface area contributed by atoms with Crippen LogP contribution in [0, 0.1) is 0 Å². The van der Waals surface area contributed by atoms with E-state index in [9.17, 15) is 9.59 Å². The Bertz CT molecular complexity index is 1040. The number of carbonyl (C=O) groups excluding carboxylic acids is 2. The van der Waals surface area contributed by atoms with Crippen LogP contribution in [0.5, 0.6) is 0 Å². The van der Waals surface area contributed by atoms with Crippen molar-refractivity contribution in [3.05, 3.63) is 103 Å². The summed E-state index contributed by atoms with van der Waals surface area (Å²) in [6.07, 6.45) is 6.34. The average molecular weight is 400 g/mol. The standard InChI is InChI=1S/C23H16N2O3S/c26-21-20(15-7-13-19-14-8-16-28-19)22(27)25(18-11-5-2-6-12-18)23(29)24(21)17-9-3-1-4-10-17/h1-16H/b13-7+. The highest BCUT2D eigenvalue weighted by molar-refractivity contribution is 7.81. The molecule has 0 aliphatic carbocycles. The largest absolute Gasteiger partial charge is 0.465 e. The van der Waals surface area contributed by atoms with Crippen molar-refractivity contribution in [2.24, 2.45) is 0 Å². The van der Waals surface area contributed by atoms with Crippen LogP contribution in [0.25, 0.3) is 6.08 Å². The first-order chi connectivity index (χ1) is 14.2. The summed E-state index contributed by atoms with van der Waals surface area (Å²) < 4.78 is 5.25. The first kappa shape index (κ1) is 18.6. The number of nitrogens with zero attached hydrogens (tertiary/aromatic N) is 2. The number of hydrogen-bond acceptors (Lipinski definition) is 4. The zero-order chi connectivity index (χ0) is 20.2. The van der Waals surface area contributed by atoms with Gasteiger partial charge in [0.1, 0.15) is 11.3 Å². The van der Waals surface area contributed by atoms with Gasteiger partial charge in [-0.3, -0.25) is 19.4 Å². The van der Waals surface area contributed by atoms with Gasteiger partial charge in [0, 0.05) is 0 Å². The summed E-state index contributed by atoms with van der Waals surface area (Å²) in [5, 5.41) is 0.115. The number of hydrogen-bond donors (Lipinski definition) is 0. The smallest absolute Gasteiger partial charge is 0.270 e. The molecule has 1 aromatic heterocycles. The summed E-state index contributed by atoms with van der Waals surface area (Å²) in [5.74, 6) is -0.321. The summed E-state index contributed by atoms with van der Waals surface area (Å²) in [4.78, 5) is 29.1. The summed E-state index contributed by atoms with van der Waals surface area (Å²) in [6.45, 7) is 0. The van der Waals surface area contributed by atoms with Gasteiger partial charge in [0.2, 0.25) is 0 Å². The normalized spacial score (nSPS) is 14.8. The molecule has 29 heavy (non-hydrogen) atoms. The van der Waals surface area contributed by atoms with Gasteiger partial charge in [0.05, 0.1) is 17.6 Å². The molecule has 0 bridgehead atoms. The summed E-state index contributed by atoms with van der Waals surface area (Å²) in [7, 11) is 0. The van der Waals surface area contributed by atoms with Crippen LogP contribution in [0.4, 0.5) is 11.4 Å². The molecule has 2 amide bonds. The molecule has 3 aromatic rings. The predicted octanol–water partition coefficient (Wildman–Crippen LogP) is 4.58. The first-order valence-corrected chi connectivity index (χ1v) is 9.32. The van der Waals surface area contributed by atoms with Gasteiger partial charge in [-0.2, -0.15) is 0 Å². The topological polar surface area (TPSA) is 53.8 Å². The molecule has 0 spiro atoms. The molecular weight excluding hydrogens is 384 g/mol. The second-order valence-corrected chi connectivity index (χ2v) is 6.55. The zero-order valence-corrected chi connectivity index (χ0v) is 16.1. The maximum absolute atomic E-state index is 13.2. The average Bonchev–Trinajstić information content (AvgIpc) is 3.26. The molecule has 4 rings (SSSR count). The fraction of sp³-hybridized carbons (Fsp3) is 0. The molecule has 0 unspecified atom stereocenters. The lowest BCUT2D eigenvalue weighted by Crippen LogP contribution is -2.57. The Balaban J connectivity index is 1.78. The minimum Gasteiger partial charge on any atom is -0.465 e. The van der Waals surface area contributed by atoms with Crippen LogP contribution in [0.1, 0.15) is 5.76 Å². The fourth-order valence-corrected chi connectivity index (χ4v) is 3.36. The van der Waals surface area contributed by atoms with Gasteiger partial charge < -0.3 is 4.42 Å². The number of furan rings is 1. The van der Waals surface area contributed by atoms with Crippen LogP contribution in [0.2, 0.25) is 0 Å². The Hall–Kier alpha value is -3.77. The Labute approximate surface area is 173 Å². The van der Waals surface area contributed by atoms with Crippen LogP contribution in [0.15, 0.2) is 101 Å². The Morgan fingerprint density at radius 1 is 0.759 bits per heavy atom. The lowest BCUT2D eigenvalue weighted by molar-refractivity contribution is -0.120. The number of allylic oxidation sites excluding steroid dienone is 2. The van der Waals surface area contributed by atoms with Gasteiger partial charge >= 0.3 is 0 Å². The monoisotopic (exact) mass is 400 g/mol. The van der Waals surface area contributed by atoms with Gasteiger partial charge in [-0.15, -0.1) is 0 Å². The van der Waals surface area contributed by atoms with Crippen LogP contribution in [0.3, 0.4) is 0 Å². The molecule has 0 radical (unpaired) electrons. The quantitative estimate of drug-likeness (QED) is 0.365. The maximum Gasteiger partial charge on any atom is 0.270 e. The van der Waals surface area contributed by atoms with Crippen LogP contribution in [-0.4, -0.2) is 16.9 Å². The molecule has 1 aliphatic rings. The van der Waals surface area contributed by atoms with Crippen molar-refractivity contribution < 1.29 is 14.0 Å². The Morgan fingerprint density at radius 2 is 1.31 bits per heavy atom. The van der Waals surface area contributed by atoms with E-state index in [-0.39, 0.29) is 10.7 Å². The van der Waals surface area contributed by atoms with Crippen molar-refractivity contribution in [2.45, 2.75) is 0 Å². The molecule has 1 aliphatic heterocycles. The minimum atomic E-state index is -0.470. The number of rotatable bonds is 4. The Morgan fingerprint density at radius 3 is 1.79 bits per heavy atom. The van der Waals surface area contributed by atoms with Crippen molar-refractivity contribution in [1.29, 1.82) is 0 Å². The maximum atomic E-state index is 13.2. The lowest BCUT2D eigenvalue weighted by atomic mass is 10.1. The van der Waals surface area contributed by atoms with Crippen molar-refractivity contribution in [1.82, 2.24) is 0 Å². The third kappa shape index (κ3) is 3.66. The summed E-state index contributed by atoms with van der Waals surface area (Å²) in [6, 6.07) is 21.6. The SMILES string of the molecule is O=C1C(=C/C=C/c2ccco2)C(=O)N(c2ccccc2)C(=S)N1c1ccccc1. The highest BCUT2D eigenvalue weighted by Crippen LogP contribution is 2.28. The van der Waals surface area contributed by atoms with Crippen LogP contribution < -0.4 is 9.80 Å². The van der Waals surface area contributed by atoms with Crippen LogP contribution >= 0.6 is 12.2 Å². The van der Waals surface area contributed by atoms with Gasteiger partial charge in [0.25, 0.3) is 11.8 Å². The molecule has 0 saturated carbocycles. The fourth-order valence-electron chi connectivity index (χ4n) is 2.98. The highest BCUT2D eigenvalue weighted by atomic mass is 32.1. The van der Waals surface area contributed by atoms with Crippen molar-refractivity contribution in [3.63, 3.8) is 0 Å². The van der Waals surface area contributed by atoms with E-state index in [2.05, 4.69) is 0 Å². The molecule has 2 aromatic carbocycles. The second-order valence-electron chi connectivity index (χ2n) is 6.19. The van der Waals surface area contributed by atoms with E-state index < -0.39 is 11.8 Å². The van der Waals surface area contributed by atoms with Gasteiger partial charge in [-0.25, -0.2) is 0 Å². The van der Waals surface area contributed by atoms with E-state index >= 15 is 0 Å². The van der Waals surface area contributed by atoms with E-state index in [1.165, 1.54) is 15.9 Å². The summed E-state index contributed by atoms with van der Waals surface area (Å²) in [5.41, 5.74) is 1.20. The first-order valence-electron chi connectivity index (χ1n) is 8.91. The molecule has 5 nitrogen and oxygen atoms in total. The van der Waals surface area contributed by atoms with E-state index in [1.807, 2.05) is 36.4 Å². The molecule has 2 heterocycles. The van der Waals surface area contributed by atoms with Crippen molar-refractivity contribution in [3.8, 4) is 0 Å². The van der Waals surface area contributed by atoms with E-state index in [1.54, 1.807) is 54.8 Å². The third-order valence-electron chi connectivity index (χ3n) is 4.34. The second kappa shape index (κ2) is 8.08. The molecule has 142 valence electrons. The zero-order valence-electron chi connectivity index (χ0n) is 15.3. The van der Waals surface area contributed by atoms with E-state index in [0.717, 1.165) is 0 Å². The van der Waals surface area contributed by atoms with Gasteiger partial charge in [0.15, 0.2) is 5.11 Å². The highest BCUT2D eigenvalue weighted by Gasteiger charge is 2.40. The number of amides is 2. The molecule has 0 atom stereocenters. The number of para-hydroxylation sites is 2.